The first-order chi connectivity index (χ1) is 9.54. The van der Waals surface area contributed by atoms with Crippen molar-refractivity contribution in [1.29, 1.82) is 0 Å². The van der Waals surface area contributed by atoms with E-state index in [-0.39, 0.29) is 12.5 Å². The van der Waals surface area contributed by atoms with E-state index < -0.39 is 11.9 Å². The van der Waals surface area contributed by atoms with Crippen molar-refractivity contribution in [2.45, 2.75) is 32.2 Å². The molecular formula is C15H23N3O2. The van der Waals surface area contributed by atoms with Gasteiger partial charge in [0.25, 0.3) is 0 Å². The van der Waals surface area contributed by atoms with E-state index in [1.165, 1.54) is 4.90 Å². The number of hydrogen-bond donors (Lipinski definition) is 2. The van der Waals surface area contributed by atoms with Gasteiger partial charge >= 0.3 is 0 Å². The zero-order chi connectivity index (χ0) is 15.0. The Bertz CT molecular complexity index is 434. The largest absolute Gasteiger partial charge is 0.368 e. The molecule has 0 aliphatic heterocycles. The van der Waals surface area contributed by atoms with E-state index >= 15 is 0 Å². The molecule has 0 aromatic heterocycles. The van der Waals surface area contributed by atoms with E-state index in [0.29, 0.717) is 13.0 Å². The van der Waals surface area contributed by atoms with Crippen LogP contribution in [0.1, 0.15) is 25.3 Å². The van der Waals surface area contributed by atoms with Crippen molar-refractivity contribution in [3.63, 3.8) is 0 Å². The highest BCUT2D eigenvalue weighted by atomic mass is 16.2. The van der Waals surface area contributed by atoms with Crippen molar-refractivity contribution < 1.29 is 9.59 Å². The predicted molar refractivity (Wildman–Crippen MR) is 78.8 cm³/mol. The van der Waals surface area contributed by atoms with Gasteiger partial charge in [0.05, 0.1) is 12.6 Å². The molecule has 0 saturated carbocycles. The van der Waals surface area contributed by atoms with Crippen LogP contribution in [-0.2, 0) is 16.0 Å². The molecule has 1 atom stereocenters. The zero-order valence-electron chi connectivity index (χ0n) is 11.9. The Hall–Kier alpha value is -1.88. The molecule has 20 heavy (non-hydrogen) atoms. The fourth-order valence-corrected chi connectivity index (χ4v) is 1.99. The van der Waals surface area contributed by atoms with Crippen LogP contribution in [0.3, 0.4) is 0 Å². The van der Waals surface area contributed by atoms with E-state index in [1.54, 1.807) is 0 Å². The molecule has 110 valence electrons. The molecule has 1 aromatic carbocycles. The lowest BCUT2D eigenvalue weighted by atomic mass is 10.1. The van der Waals surface area contributed by atoms with Gasteiger partial charge in [-0.25, -0.2) is 0 Å². The van der Waals surface area contributed by atoms with Gasteiger partial charge in [0.15, 0.2) is 0 Å². The third-order valence-electron chi connectivity index (χ3n) is 3.06. The lowest BCUT2D eigenvalue weighted by Gasteiger charge is -2.24. The summed E-state index contributed by atoms with van der Waals surface area (Å²) in [6.07, 6.45) is 2.23. The third kappa shape index (κ3) is 5.40. The highest BCUT2D eigenvalue weighted by molar-refractivity contribution is 5.87. The minimum Gasteiger partial charge on any atom is -0.368 e. The molecule has 5 nitrogen and oxygen atoms in total. The van der Waals surface area contributed by atoms with Crippen LogP contribution in [0.4, 0.5) is 0 Å². The van der Waals surface area contributed by atoms with Gasteiger partial charge in [0, 0.05) is 6.54 Å². The number of hydrogen-bond acceptors (Lipinski definition) is 3. The summed E-state index contributed by atoms with van der Waals surface area (Å²) < 4.78 is 0. The Morgan fingerprint density at radius 2 is 1.90 bits per heavy atom. The quantitative estimate of drug-likeness (QED) is 0.732. The summed E-state index contributed by atoms with van der Waals surface area (Å²) >= 11 is 0. The first-order valence-corrected chi connectivity index (χ1v) is 6.91. The van der Waals surface area contributed by atoms with Crippen molar-refractivity contribution in [2.24, 2.45) is 11.5 Å². The Balaban J connectivity index is 2.64. The van der Waals surface area contributed by atoms with Gasteiger partial charge in [-0.15, -0.1) is 0 Å². The van der Waals surface area contributed by atoms with Crippen LogP contribution in [0.15, 0.2) is 30.3 Å². The zero-order valence-corrected chi connectivity index (χ0v) is 11.9. The van der Waals surface area contributed by atoms with Gasteiger partial charge in [-0.05, 0) is 18.4 Å². The summed E-state index contributed by atoms with van der Waals surface area (Å²) in [4.78, 5) is 24.8. The Morgan fingerprint density at radius 1 is 1.25 bits per heavy atom. The van der Waals surface area contributed by atoms with Gasteiger partial charge in [0.1, 0.15) is 0 Å². The first kappa shape index (κ1) is 16.2. The standard InChI is InChI=1S/C15H23N3O2/c1-2-3-9-18(11-14(17)19)15(20)13(16)10-12-7-5-4-6-8-12/h4-8,13H,2-3,9-11,16H2,1H3,(H2,17,19)/t13-/m1/s1. The topological polar surface area (TPSA) is 89.4 Å². The van der Waals surface area contributed by atoms with E-state index in [4.69, 9.17) is 11.5 Å². The molecule has 0 saturated heterocycles. The van der Waals surface area contributed by atoms with Gasteiger partial charge in [-0.1, -0.05) is 43.7 Å². The average Bonchev–Trinajstić information content (AvgIpc) is 2.43. The van der Waals surface area contributed by atoms with Crippen LogP contribution in [0, 0.1) is 0 Å². The van der Waals surface area contributed by atoms with E-state index in [1.807, 2.05) is 37.3 Å². The average molecular weight is 277 g/mol. The lowest BCUT2D eigenvalue weighted by Crippen LogP contribution is -2.48. The fraction of sp³-hybridized carbons (Fsp3) is 0.467. The van der Waals surface area contributed by atoms with Crippen molar-refractivity contribution in [2.75, 3.05) is 13.1 Å². The van der Waals surface area contributed by atoms with Crippen molar-refractivity contribution in [3.05, 3.63) is 35.9 Å². The number of carbonyl (C=O) groups is 2. The normalized spacial score (nSPS) is 11.9. The van der Waals surface area contributed by atoms with Gasteiger partial charge < -0.3 is 16.4 Å². The number of carbonyl (C=O) groups excluding carboxylic acids is 2. The van der Waals surface area contributed by atoms with Crippen LogP contribution in [0.5, 0.6) is 0 Å². The lowest BCUT2D eigenvalue weighted by molar-refractivity contribution is -0.136. The second-order valence-electron chi connectivity index (χ2n) is 4.88. The van der Waals surface area contributed by atoms with Crippen molar-refractivity contribution in [3.8, 4) is 0 Å². The van der Waals surface area contributed by atoms with Crippen LogP contribution in [0.25, 0.3) is 0 Å². The summed E-state index contributed by atoms with van der Waals surface area (Å²) in [6.45, 7) is 2.47. The molecule has 4 N–H and O–H groups in total. The molecule has 0 heterocycles. The summed E-state index contributed by atoms with van der Waals surface area (Å²) in [5.41, 5.74) is 12.1. The minimum atomic E-state index is -0.645. The highest BCUT2D eigenvalue weighted by Crippen LogP contribution is 2.05. The first-order valence-electron chi connectivity index (χ1n) is 6.91. The number of amides is 2. The second kappa shape index (κ2) is 8.32. The van der Waals surface area contributed by atoms with Crippen LogP contribution in [-0.4, -0.2) is 35.8 Å². The maximum Gasteiger partial charge on any atom is 0.240 e. The maximum absolute atomic E-state index is 12.3. The molecule has 0 spiro atoms. The molecule has 0 bridgehead atoms. The predicted octanol–water partition coefficient (Wildman–Crippen LogP) is 0.670. The molecule has 0 fully saturated rings. The van der Waals surface area contributed by atoms with Gasteiger partial charge in [-0.3, -0.25) is 9.59 Å². The molecule has 1 rings (SSSR count). The summed E-state index contributed by atoms with van der Waals surface area (Å²) in [5, 5.41) is 0. The molecule has 0 aliphatic carbocycles. The second-order valence-corrected chi connectivity index (χ2v) is 4.88. The minimum absolute atomic E-state index is 0.0681. The number of unbranched alkanes of at least 4 members (excludes halogenated alkanes) is 1. The van der Waals surface area contributed by atoms with Crippen LogP contribution in [0.2, 0.25) is 0 Å². The molecule has 0 aliphatic rings. The number of nitrogens with zero attached hydrogens (tertiary/aromatic N) is 1. The van der Waals surface area contributed by atoms with E-state index in [9.17, 15) is 9.59 Å². The Labute approximate surface area is 119 Å². The summed E-state index contributed by atoms with van der Waals surface area (Å²) in [6, 6.07) is 8.94. The molecule has 0 unspecified atom stereocenters. The highest BCUT2D eigenvalue weighted by Gasteiger charge is 2.22. The summed E-state index contributed by atoms with van der Waals surface area (Å²) in [5.74, 6) is -0.734. The van der Waals surface area contributed by atoms with Crippen LogP contribution < -0.4 is 11.5 Å². The monoisotopic (exact) mass is 277 g/mol. The molecule has 0 radical (unpaired) electrons. The number of benzene rings is 1. The van der Waals surface area contributed by atoms with Gasteiger partial charge in [0.2, 0.25) is 11.8 Å². The Kier molecular flexibility index (Phi) is 6.73. The SMILES string of the molecule is CCCCN(CC(N)=O)C(=O)[C@H](N)Cc1ccccc1. The smallest absolute Gasteiger partial charge is 0.240 e. The van der Waals surface area contributed by atoms with Gasteiger partial charge in [-0.2, -0.15) is 0 Å². The van der Waals surface area contributed by atoms with E-state index in [0.717, 1.165) is 18.4 Å². The van der Waals surface area contributed by atoms with Crippen molar-refractivity contribution in [1.82, 2.24) is 4.90 Å². The summed E-state index contributed by atoms with van der Waals surface area (Å²) in [7, 11) is 0. The molecular weight excluding hydrogens is 254 g/mol. The van der Waals surface area contributed by atoms with Crippen molar-refractivity contribution >= 4 is 11.8 Å². The molecule has 1 aromatic rings. The number of primary amides is 1. The Morgan fingerprint density at radius 3 is 2.45 bits per heavy atom. The maximum atomic E-state index is 12.3. The molecule has 5 heteroatoms. The molecule has 2 amide bonds. The van der Waals surface area contributed by atoms with E-state index in [2.05, 4.69) is 0 Å². The number of nitrogens with two attached hydrogens (primary N) is 2. The number of rotatable bonds is 8. The fourth-order valence-electron chi connectivity index (χ4n) is 1.99. The van der Waals surface area contributed by atoms with Crippen LogP contribution >= 0.6 is 0 Å². The third-order valence-corrected chi connectivity index (χ3v) is 3.06.